The van der Waals surface area contributed by atoms with E-state index in [1.165, 1.54) is 0 Å². The van der Waals surface area contributed by atoms with Crippen molar-refractivity contribution in [2.24, 2.45) is 32.2 Å². The van der Waals surface area contributed by atoms with Crippen molar-refractivity contribution >= 4 is 51.6 Å². The minimum Gasteiger partial charge on any atom is -0.240 e. The van der Waals surface area contributed by atoms with Crippen molar-refractivity contribution < 1.29 is 0 Å². The maximum atomic E-state index is 6.09. The monoisotopic (exact) mass is 470 g/mol. The zero-order valence-corrected chi connectivity index (χ0v) is 20.4. The fraction of sp³-hybridized carbons (Fsp3) is 0.320. The highest BCUT2D eigenvalue weighted by Gasteiger charge is 2.52. The van der Waals surface area contributed by atoms with Gasteiger partial charge in [-0.05, 0) is 64.2 Å². The molecule has 9 heteroatoms. The summed E-state index contributed by atoms with van der Waals surface area (Å²) < 4.78 is 0. The van der Waals surface area contributed by atoms with Crippen molar-refractivity contribution in [2.45, 2.75) is 40.0 Å². The molecule has 172 valence electrons. The first-order valence-corrected chi connectivity index (χ1v) is 11.9. The molecule has 34 heavy (non-hydrogen) atoms. The van der Waals surface area contributed by atoms with E-state index >= 15 is 0 Å². The van der Waals surface area contributed by atoms with Crippen molar-refractivity contribution in [1.29, 1.82) is 0 Å². The van der Waals surface area contributed by atoms with E-state index in [1.807, 2.05) is 70.3 Å². The van der Waals surface area contributed by atoms with Gasteiger partial charge in [-0.1, -0.05) is 36.4 Å². The lowest BCUT2D eigenvalue weighted by Gasteiger charge is -2.36. The molecule has 2 aromatic rings. The van der Waals surface area contributed by atoms with Crippen molar-refractivity contribution in [3.8, 4) is 0 Å². The summed E-state index contributed by atoms with van der Waals surface area (Å²) in [4.78, 5) is 0. The summed E-state index contributed by atoms with van der Waals surface area (Å²) >= 11 is 6.09. The van der Waals surface area contributed by atoms with Crippen LogP contribution in [0.5, 0.6) is 0 Å². The molecule has 4 aliphatic heterocycles. The van der Waals surface area contributed by atoms with E-state index in [0.29, 0.717) is 5.11 Å². The van der Waals surface area contributed by atoms with E-state index in [-0.39, 0.29) is 24.2 Å². The summed E-state index contributed by atoms with van der Waals surface area (Å²) in [6.45, 7) is 8.22. The van der Waals surface area contributed by atoms with Gasteiger partial charge in [0.05, 0.1) is 23.2 Å². The van der Waals surface area contributed by atoms with Crippen molar-refractivity contribution in [1.82, 2.24) is 10.0 Å². The lowest BCUT2D eigenvalue weighted by atomic mass is 9.97. The number of hydrogen-bond acceptors (Lipinski definition) is 7. The second kappa shape index (κ2) is 7.73. The van der Waals surface area contributed by atoms with Crippen LogP contribution in [0, 0.1) is 11.8 Å². The molecular weight excluding hydrogens is 444 g/mol. The van der Waals surface area contributed by atoms with Gasteiger partial charge in [-0.25, -0.2) is 20.0 Å². The van der Waals surface area contributed by atoms with Crippen LogP contribution in [-0.2, 0) is 0 Å². The molecule has 0 N–H and O–H groups in total. The molecule has 2 aromatic carbocycles. The third-order valence-electron chi connectivity index (χ3n) is 6.89. The highest BCUT2D eigenvalue weighted by molar-refractivity contribution is 7.80. The smallest absolute Gasteiger partial charge is 0.217 e. The third kappa shape index (κ3) is 3.00. The van der Waals surface area contributed by atoms with Gasteiger partial charge in [0.25, 0.3) is 0 Å². The van der Waals surface area contributed by atoms with Crippen LogP contribution in [0.25, 0.3) is 0 Å². The van der Waals surface area contributed by atoms with E-state index in [1.54, 1.807) is 0 Å². The molecule has 8 nitrogen and oxygen atoms in total. The maximum Gasteiger partial charge on any atom is 0.217 e. The summed E-state index contributed by atoms with van der Waals surface area (Å²) in [7, 11) is 0. The van der Waals surface area contributed by atoms with Gasteiger partial charge in [0.1, 0.15) is 0 Å². The van der Waals surface area contributed by atoms with Crippen LogP contribution in [0.3, 0.4) is 0 Å². The first-order valence-electron chi connectivity index (χ1n) is 11.5. The minimum absolute atomic E-state index is 0.0772. The number of hydrogen-bond donors (Lipinski definition) is 0. The number of anilines is 2. The van der Waals surface area contributed by atoms with Gasteiger partial charge >= 0.3 is 0 Å². The van der Waals surface area contributed by atoms with Crippen LogP contribution < -0.4 is 10.0 Å². The van der Waals surface area contributed by atoms with Crippen molar-refractivity contribution in [2.75, 3.05) is 10.0 Å². The topological polar surface area (TPSA) is 62.4 Å². The first kappa shape index (κ1) is 21.0. The van der Waals surface area contributed by atoms with Gasteiger partial charge < -0.3 is 0 Å². The predicted molar refractivity (Wildman–Crippen MR) is 141 cm³/mol. The van der Waals surface area contributed by atoms with Gasteiger partial charge in [-0.15, -0.1) is 0 Å². The van der Waals surface area contributed by atoms with Crippen LogP contribution in [0.15, 0.2) is 81.1 Å². The number of thiocarbonyl (C=S) groups is 1. The van der Waals surface area contributed by atoms with Crippen LogP contribution in [0.2, 0.25) is 0 Å². The molecule has 0 amide bonds. The number of fused-ring (bicyclic) bond motifs is 2. The summed E-state index contributed by atoms with van der Waals surface area (Å²) in [5, 5.41) is 28.1. The average Bonchev–Trinajstić information content (AvgIpc) is 3.57. The second-order valence-corrected chi connectivity index (χ2v) is 9.45. The Hall–Kier alpha value is -3.59. The number of nitrogens with zero attached hydrogens (tertiary/aromatic N) is 8. The van der Waals surface area contributed by atoms with Gasteiger partial charge in [0.2, 0.25) is 5.11 Å². The normalized spacial score (nSPS) is 27.4. The Bertz CT molecular complexity index is 1170. The Morgan fingerprint density at radius 2 is 0.941 bits per heavy atom. The lowest BCUT2D eigenvalue weighted by Crippen LogP contribution is -2.53. The van der Waals surface area contributed by atoms with Crippen molar-refractivity contribution in [3.63, 3.8) is 0 Å². The molecule has 4 heterocycles. The Labute approximate surface area is 204 Å². The number of hydrazone groups is 4. The molecule has 0 fully saturated rings. The van der Waals surface area contributed by atoms with Gasteiger partial charge in [0.15, 0.2) is 12.3 Å². The summed E-state index contributed by atoms with van der Waals surface area (Å²) in [6, 6.07) is 20.4. The summed E-state index contributed by atoms with van der Waals surface area (Å²) in [6.07, 6.45) is -0.309. The van der Waals surface area contributed by atoms with Gasteiger partial charge in [0, 0.05) is 22.8 Å². The molecule has 4 atom stereocenters. The molecule has 0 aromatic heterocycles. The molecule has 4 aliphatic rings. The molecule has 0 saturated heterocycles. The minimum atomic E-state index is -0.155. The Balaban J connectivity index is 1.36. The molecular formula is C25H26N8S. The van der Waals surface area contributed by atoms with E-state index in [9.17, 15) is 0 Å². The zero-order chi connectivity index (χ0) is 23.6. The molecule has 0 radical (unpaired) electrons. The van der Waals surface area contributed by atoms with Crippen LogP contribution >= 0.6 is 12.2 Å². The summed E-state index contributed by atoms with van der Waals surface area (Å²) in [5.41, 5.74) is 6.09. The highest BCUT2D eigenvalue weighted by Crippen LogP contribution is 2.40. The first-order chi connectivity index (χ1) is 16.5. The predicted octanol–water partition coefficient (Wildman–Crippen LogP) is 4.33. The van der Waals surface area contributed by atoms with E-state index in [2.05, 4.69) is 38.1 Å². The second-order valence-electron chi connectivity index (χ2n) is 9.08. The molecule has 4 unspecified atom stereocenters. The summed E-state index contributed by atoms with van der Waals surface area (Å²) in [5.74, 6) is 0.154. The fourth-order valence-electron chi connectivity index (χ4n) is 5.40. The maximum absolute atomic E-state index is 6.09. The molecule has 0 aliphatic carbocycles. The molecule has 6 rings (SSSR count). The SMILES string of the molecule is CC1=NN(C(=S)N2N=C(C)C3C(C)=NN(c4ccccc4)C32)C2C1C(C)=NN2c1ccccc1. The Morgan fingerprint density at radius 3 is 1.32 bits per heavy atom. The lowest BCUT2D eigenvalue weighted by molar-refractivity contribution is 0.257. The molecule has 0 saturated carbocycles. The van der Waals surface area contributed by atoms with Crippen molar-refractivity contribution in [3.05, 3.63) is 60.7 Å². The highest BCUT2D eigenvalue weighted by atomic mass is 32.1. The number of benzene rings is 2. The largest absolute Gasteiger partial charge is 0.240 e. The molecule has 0 spiro atoms. The van der Waals surface area contributed by atoms with Crippen LogP contribution in [0.1, 0.15) is 27.7 Å². The number of para-hydroxylation sites is 2. The van der Waals surface area contributed by atoms with E-state index < -0.39 is 0 Å². The zero-order valence-electron chi connectivity index (χ0n) is 19.6. The van der Waals surface area contributed by atoms with E-state index in [4.69, 9.17) is 32.6 Å². The average molecular weight is 471 g/mol. The third-order valence-corrected chi connectivity index (χ3v) is 7.27. The van der Waals surface area contributed by atoms with Crippen LogP contribution in [-0.4, -0.2) is 50.3 Å². The van der Waals surface area contributed by atoms with E-state index in [0.717, 1.165) is 34.2 Å². The molecule has 0 bridgehead atoms. The fourth-order valence-corrected chi connectivity index (χ4v) is 5.70. The van der Waals surface area contributed by atoms with Gasteiger partial charge in [-0.3, -0.25) is 0 Å². The quantitative estimate of drug-likeness (QED) is 0.612. The standard InChI is InChI=1S/C25H26N8S/c1-15-21-17(3)28-32(23(21)30(26-15)19-11-7-5-8-12-19)25(34)33-24-22(18(4)29-33)16(2)27-31(24)20-13-9-6-10-14-20/h5-14,21-24H,1-4H3. The Morgan fingerprint density at radius 1 is 0.588 bits per heavy atom. The van der Waals surface area contributed by atoms with Crippen LogP contribution in [0.4, 0.5) is 11.4 Å². The number of rotatable bonds is 2. The Kier molecular flexibility index (Phi) is 4.77. The van der Waals surface area contributed by atoms with Gasteiger partial charge in [-0.2, -0.15) is 20.4 Å².